The highest BCUT2D eigenvalue weighted by Crippen LogP contribution is 2.27. The average molecular weight is 154 g/mol. The second-order valence-corrected chi connectivity index (χ2v) is 3.35. The van der Waals surface area contributed by atoms with E-state index in [-0.39, 0.29) is 0 Å². The molecule has 0 atom stereocenters. The Kier molecular flexibility index (Phi) is 3.40. The van der Waals surface area contributed by atoms with E-state index in [1.165, 1.54) is 37.8 Å². The normalized spacial score (nSPS) is 21.0. The van der Waals surface area contributed by atoms with Crippen LogP contribution in [0.2, 0.25) is 0 Å². The molecule has 1 fully saturated rings. The van der Waals surface area contributed by atoms with Gasteiger partial charge in [0.2, 0.25) is 0 Å². The van der Waals surface area contributed by atoms with Crippen LogP contribution < -0.4 is 5.84 Å². The molecule has 1 aliphatic rings. The first-order valence-corrected chi connectivity index (χ1v) is 4.65. The number of hydrogen-bond donors (Lipinski definition) is 1. The molecule has 1 rings (SSSR count). The van der Waals surface area contributed by atoms with Gasteiger partial charge in [0, 0.05) is 5.71 Å². The number of hydrogen-bond acceptors (Lipinski definition) is 2. The molecule has 0 aliphatic heterocycles. The Bertz CT molecular complexity index is 134. The lowest BCUT2D eigenvalue weighted by Gasteiger charge is -2.10. The highest BCUT2D eigenvalue weighted by molar-refractivity contribution is 5.86. The lowest BCUT2D eigenvalue weighted by Crippen LogP contribution is -2.12. The Morgan fingerprint density at radius 3 is 2.55 bits per heavy atom. The third kappa shape index (κ3) is 2.21. The van der Waals surface area contributed by atoms with Crippen molar-refractivity contribution in [2.75, 3.05) is 0 Å². The zero-order valence-electron chi connectivity index (χ0n) is 7.34. The fraction of sp³-hybridized carbons (Fsp3) is 0.889. The van der Waals surface area contributed by atoms with Crippen molar-refractivity contribution in [1.82, 2.24) is 0 Å². The molecule has 64 valence electrons. The summed E-state index contributed by atoms with van der Waals surface area (Å²) in [5.74, 6) is 6.05. The van der Waals surface area contributed by atoms with Gasteiger partial charge < -0.3 is 5.84 Å². The van der Waals surface area contributed by atoms with E-state index in [9.17, 15) is 0 Å². The molecule has 0 aromatic carbocycles. The van der Waals surface area contributed by atoms with Crippen LogP contribution in [0.15, 0.2) is 5.10 Å². The minimum Gasteiger partial charge on any atom is -0.323 e. The van der Waals surface area contributed by atoms with Crippen molar-refractivity contribution in [3.8, 4) is 0 Å². The molecule has 2 nitrogen and oxygen atoms in total. The maximum atomic E-state index is 5.33. The van der Waals surface area contributed by atoms with Gasteiger partial charge in [-0.05, 0) is 25.2 Å². The number of nitrogens with zero attached hydrogens (tertiary/aromatic N) is 1. The summed E-state index contributed by atoms with van der Waals surface area (Å²) in [6.45, 7) is 2.18. The summed E-state index contributed by atoms with van der Waals surface area (Å²) in [6.07, 6.45) is 7.64. The van der Waals surface area contributed by atoms with Crippen LogP contribution >= 0.6 is 0 Å². The Labute approximate surface area is 68.9 Å². The standard InChI is InChI=1S/C9H18N2/c1-2-5-9(11-10)8-6-3-4-7-8/h8H,2-7,10H2,1H3/b11-9+. The molecule has 0 aromatic rings. The van der Waals surface area contributed by atoms with E-state index in [0.717, 1.165) is 12.3 Å². The zero-order valence-corrected chi connectivity index (χ0v) is 7.34. The van der Waals surface area contributed by atoms with Gasteiger partial charge in [0.1, 0.15) is 0 Å². The first kappa shape index (κ1) is 8.57. The smallest absolute Gasteiger partial charge is 0.0406 e. The Balaban J connectivity index is 2.41. The Morgan fingerprint density at radius 2 is 2.09 bits per heavy atom. The van der Waals surface area contributed by atoms with Crippen LogP contribution in [0.3, 0.4) is 0 Å². The fourth-order valence-corrected chi connectivity index (χ4v) is 1.89. The van der Waals surface area contributed by atoms with E-state index < -0.39 is 0 Å². The molecule has 2 heteroatoms. The van der Waals surface area contributed by atoms with Crippen LogP contribution in [0.1, 0.15) is 45.4 Å². The van der Waals surface area contributed by atoms with Gasteiger partial charge in [-0.3, -0.25) is 0 Å². The summed E-state index contributed by atoms with van der Waals surface area (Å²) in [6, 6.07) is 0. The number of hydrazone groups is 1. The molecule has 0 radical (unpaired) electrons. The van der Waals surface area contributed by atoms with Crippen molar-refractivity contribution in [3.05, 3.63) is 0 Å². The Morgan fingerprint density at radius 1 is 1.45 bits per heavy atom. The first-order chi connectivity index (χ1) is 5.38. The summed E-state index contributed by atoms with van der Waals surface area (Å²) < 4.78 is 0. The van der Waals surface area contributed by atoms with Crippen molar-refractivity contribution >= 4 is 5.71 Å². The van der Waals surface area contributed by atoms with Crippen LogP contribution in [-0.4, -0.2) is 5.71 Å². The van der Waals surface area contributed by atoms with E-state index in [4.69, 9.17) is 5.84 Å². The van der Waals surface area contributed by atoms with E-state index in [1.807, 2.05) is 0 Å². The van der Waals surface area contributed by atoms with Gasteiger partial charge in [0.15, 0.2) is 0 Å². The van der Waals surface area contributed by atoms with Gasteiger partial charge in [-0.1, -0.05) is 26.2 Å². The highest BCUT2D eigenvalue weighted by atomic mass is 15.1. The van der Waals surface area contributed by atoms with E-state index in [1.54, 1.807) is 0 Å². The molecule has 1 saturated carbocycles. The molecule has 1 aliphatic carbocycles. The largest absolute Gasteiger partial charge is 0.323 e. The lowest BCUT2D eigenvalue weighted by molar-refractivity contribution is 0.701. The van der Waals surface area contributed by atoms with Crippen molar-refractivity contribution in [1.29, 1.82) is 0 Å². The maximum Gasteiger partial charge on any atom is 0.0406 e. The predicted octanol–water partition coefficient (Wildman–Crippen LogP) is 2.29. The van der Waals surface area contributed by atoms with Crippen molar-refractivity contribution in [2.24, 2.45) is 16.9 Å². The summed E-state index contributed by atoms with van der Waals surface area (Å²) >= 11 is 0. The molecule has 0 saturated heterocycles. The zero-order chi connectivity index (χ0) is 8.10. The van der Waals surface area contributed by atoms with Gasteiger partial charge in [-0.25, -0.2) is 0 Å². The Hall–Kier alpha value is -0.530. The third-order valence-electron chi connectivity index (χ3n) is 2.50. The minimum absolute atomic E-state index is 0.722. The summed E-state index contributed by atoms with van der Waals surface area (Å²) in [7, 11) is 0. The van der Waals surface area contributed by atoms with Gasteiger partial charge in [-0.15, -0.1) is 0 Å². The van der Waals surface area contributed by atoms with Crippen LogP contribution in [0, 0.1) is 5.92 Å². The van der Waals surface area contributed by atoms with Crippen molar-refractivity contribution < 1.29 is 0 Å². The minimum atomic E-state index is 0.722. The SMILES string of the molecule is CCC/C(=N\N)C1CCCC1. The van der Waals surface area contributed by atoms with Crippen LogP contribution in [0.4, 0.5) is 0 Å². The number of rotatable bonds is 3. The van der Waals surface area contributed by atoms with E-state index in [2.05, 4.69) is 12.0 Å². The van der Waals surface area contributed by atoms with Crippen LogP contribution in [0.25, 0.3) is 0 Å². The highest BCUT2D eigenvalue weighted by Gasteiger charge is 2.19. The monoisotopic (exact) mass is 154 g/mol. The maximum absolute atomic E-state index is 5.33. The van der Waals surface area contributed by atoms with Gasteiger partial charge in [0.25, 0.3) is 0 Å². The van der Waals surface area contributed by atoms with E-state index >= 15 is 0 Å². The molecular weight excluding hydrogens is 136 g/mol. The molecule has 0 spiro atoms. The topological polar surface area (TPSA) is 38.4 Å². The van der Waals surface area contributed by atoms with E-state index in [0.29, 0.717) is 0 Å². The van der Waals surface area contributed by atoms with Gasteiger partial charge >= 0.3 is 0 Å². The molecular formula is C9H18N2. The van der Waals surface area contributed by atoms with Crippen LogP contribution in [0.5, 0.6) is 0 Å². The van der Waals surface area contributed by atoms with Crippen molar-refractivity contribution in [3.63, 3.8) is 0 Å². The van der Waals surface area contributed by atoms with Crippen LogP contribution in [-0.2, 0) is 0 Å². The second kappa shape index (κ2) is 4.37. The quantitative estimate of drug-likeness (QED) is 0.378. The molecule has 11 heavy (non-hydrogen) atoms. The summed E-state index contributed by atoms with van der Waals surface area (Å²) in [5.41, 5.74) is 1.25. The molecule has 0 unspecified atom stereocenters. The third-order valence-corrected chi connectivity index (χ3v) is 2.50. The summed E-state index contributed by atoms with van der Waals surface area (Å²) in [5, 5.41) is 3.88. The molecule has 0 aromatic heterocycles. The summed E-state index contributed by atoms with van der Waals surface area (Å²) in [4.78, 5) is 0. The molecule has 0 heterocycles. The van der Waals surface area contributed by atoms with Gasteiger partial charge in [-0.2, -0.15) is 5.10 Å². The molecule has 0 amide bonds. The number of nitrogens with two attached hydrogens (primary N) is 1. The fourth-order valence-electron chi connectivity index (χ4n) is 1.89. The van der Waals surface area contributed by atoms with Crippen molar-refractivity contribution in [2.45, 2.75) is 45.4 Å². The lowest BCUT2D eigenvalue weighted by atomic mass is 9.98. The average Bonchev–Trinajstić information content (AvgIpc) is 2.52. The predicted molar refractivity (Wildman–Crippen MR) is 48.5 cm³/mol. The van der Waals surface area contributed by atoms with Gasteiger partial charge in [0.05, 0.1) is 0 Å². The molecule has 0 bridgehead atoms. The second-order valence-electron chi connectivity index (χ2n) is 3.35. The molecule has 2 N–H and O–H groups in total. The first-order valence-electron chi connectivity index (χ1n) is 4.65.